The van der Waals surface area contributed by atoms with Crippen molar-refractivity contribution >= 4 is 5.69 Å². The zero-order chi connectivity index (χ0) is 13.1. The Morgan fingerprint density at radius 2 is 2.00 bits per heavy atom. The lowest BCUT2D eigenvalue weighted by Crippen LogP contribution is -2.41. The zero-order valence-corrected chi connectivity index (χ0v) is 11.3. The summed E-state index contributed by atoms with van der Waals surface area (Å²) in [6.45, 7) is 2.53. The number of nitrogens with zero attached hydrogens (tertiary/aromatic N) is 2. The molecule has 3 nitrogen and oxygen atoms in total. The van der Waals surface area contributed by atoms with E-state index in [9.17, 15) is 0 Å². The number of fused-ring (bicyclic) bond motifs is 1. The minimum atomic E-state index is 0.500. The van der Waals surface area contributed by atoms with Gasteiger partial charge in [0.2, 0.25) is 0 Å². The monoisotopic (exact) mass is 255 g/mol. The Morgan fingerprint density at radius 1 is 1.16 bits per heavy atom. The van der Waals surface area contributed by atoms with E-state index in [1.54, 1.807) is 0 Å². The first-order valence-corrected chi connectivity index (χ1v) is 7.33. The van der Waals surface area contributed by atoms with Crippen molar-refractivity contribution in [3.63, 3.8) is 0 Å². The van der Waals surface area contributed by atoms with Crippen molar-refractivity contribution in [1.29, 1.82) is 5.26 Å². The van der Waals surface area contributed by atoms with Crippen molar-refractivity contribution in [2.75, 3.05) is 18.4 Å². The molecule has 3 rings (SSSR count). The Morgan fingerprint density at radius 3 is 2.79 bits per heavy atom. The van der Waals surface area contributed by atoms with Crippen LogP contribution in [0, 0.1) is 11.3 Å². The number of benzene rings is 1. The van der Waals surface area contributed by atoms with Crippen LogP contribution in [0.25, 0.3) is 0 Å². The maximum absolute atomic E-state index is 8.68. The molecule has 0 radical (unpaired) electrons. The van der Waals surface area contributed by atoms with Crippen molar-refractivity contribution in [2.45, 2.75) is 44.2 Å². The highest BCUT2D eigenvalue weighted by molar-refractivity contribution is 5.46. The molecule has 2 atom stereocenters. The highest BCUT2D eigenvalue weighted by Crippen LogP contribution is 2.29. The number of nitriles is 1. The van der Waals surface area contributed by atoms with Crippen LogP contribution >= 0.6 is 0 Å². The fraction of sp³-hybridized carbons (Fsp3) is 0.562. The smallest absolute Gasteiger partial charge is 0.0669 e. The largest absolute Gasteiger partial charge is 0.381 e. The van der Waals surface area contributed by atoms with Gasteiger partial charge in [-0.15, -0.1) is 0 Å². The van der Waals surface area contributed by atoms with Gasteiger partial charge in [0.05, 0.1) is 12.5 Å². The van der Waals surface area contributed by atoms with Gasteiger partial charge in [-0.1, -0.05) is 18.6 Å². The van der Waals surface area contributed by atoms with Gasteiger partial charge in [-0.3, -0.25) is 4.90 Å². The molecular formula is C16H21N3. The summed E-state index contributed by atoms with van der Waals surface area (Å²) in [6, 6.07) is 11.8. The Hall–Kier alpha value is -1.53. The second kappa shape index (κ2) is 5.63. The highest BCUT2D eigenvalue weighted by atomic mass is 15.2. The summed E-state index contributed by atoms with van der Waals surface area (Å²) in [7, 11) is 0. The van der Waals surface area contributed by atoms with Crippen LogP contribution in [0.3, 0.4) is 0 Å². The molecule has 0 aromatic heterocycles. The van der Waals surface area contributed by atoms with E-state index in [0.717, 1.165) is 11.6 Å². The van der Waals surface area contributed by atoms with Crippen LogP contribution in [0.1, 0.15) is 31.2 Å². The molecule has 1 aromatic rings. The lowest BCUT2D eigenvalue weighted by Gasteiger charge is -2.33. The average molecular weight is 255 g/mol. The minimum Gasteiger partial charge on any atom is -0.381 e. The molecule has 2 aliphatic rings. The van der Waals surface area contributed by atoms with Crippen molar-refractivity contribution in [1.82, 2.24) is 4.90 Å². The van der Waals surface area contributed by atoms with Crippen LogP contribution in [0.4, 0.5) is 5.69 Å². The van der Waals surface area contributed by atoms with Gasteiger partial charge in [0.1, 0.15) is 0 Å². The van der Waals surface area contributed by atoms with Crippen LogP contribution in [0.15, 0.2) is 24.3 Å². The molecule has 1 N–H and O–H groups in total. The van der Waals surface area contributed by atoms with Gasteiger partial charge in [-0.2, -0.15) is 5.26 Å². The quantitative estimate of drug-likeness (QED) is 0.902. The molecule has 1 aromatic carbocycles. The number of nitrogens with one attached hydrogen (secondary N) is 1. The summed E-state index contributed by atoms with van der Waals surface area (Å²) in [5, 5.41) is 12.4. The normalized spacial score (nSPS) is 26.7. The van der Waals surface area contributed by atoms with E-state index in [4.69, 9.17) is 5.26 Å². The maximum Gasteiger partial charge on any atom is 0.0669 e. The molecule has 0 spiro atoms. The van der Waals surface area contributed by atoms with E-state index in [2.05, 4.69) is 40.6 Å². The van der Waals surface area contributed by atoms with Crippen molar-refractivity contribution < 1.29 is 0 Å². The van der Waals surface area contributed by atoms with Crippen LogP contribution in [-0.4, -0.2) is 30.1 Å². The van der Waals surface area contributed by atoms with Crippen LogP contribution in [-0.2, 0) is 6.42 Å². The lowest BCUT2D eigenvalue weighted by atomic mass is 9.99. The predicted octanol–water partition coefficient (Wildman–Crippen LogP) is 2.79. The average Bonchev–Trinajstić information content (AvgIpc) is 2.85. The molecule has 2 fully saturated rings. The number of hydrogen-bond acceptors (Lipinski definition) is 3. The summed E-state index contributed by atoms with van der Waals surface area (Å²) >= 11 is 0. The summed E-state index contributed by atoms with van der Waals surface area (Å²) in [5.41, 5.74) is 2.29. The highest BCUT2D eigenvalue weighted by Gasteiger charge is 2.35. The topological polar surface area (TPSA) is 39.1 Å². The lowest BCUT2D eigenvalue weighted by molar-refractivity contribution is 0.193. The van der Waals surface area contributed by atoms with E-state index in [1.807, 2.05) is 0 Å². The molecule has 2 unspecified atom stereocenters. The molecule has 100 valence electrons. The second-order valence-electron chi connectivity index (χ2n) is 5.67. The summed E-state index contributed by atoms with van der Waals surface area (Å²) < 4.78 is 0. The van der Waals surface area contributed by atoms with Crippen molar-refractivity contribution in [3.05, 3.63) is 29.8 Å². The van der Waals surface area contributed by atoms with Gasteiger partial charge < -0.3 is 5.32 Å². The number of anilines is 1. The third-order valence-electron chi connectivity index (χ3n) is 4.45. The third kappa shape index (κ3) is 2.74. The van der Waals surface area contributed by atoms with E-state index >= 15 is 0 Å². The first-order valence-electron chi connectivity index (χ1n) is 7.33. The van der Waals surface area contributed by atoms with Crippen LogP contribution < -0.4 is 5.32 Å². The third-order valence-corrected chi connectivity index (χ3v) is 4.45. The summed E-state index contributed by atoms with van der Waals surface area (Å²) in [6.07, 6.45) is 5.83. The summed E-state index contributed by atoms with van der Waals surface area (Å²) in [5.74, 6) is 0. The van der Waals surface area contributed by atoms with Gasteiger partial charge in [-0.05, 0) is 43.5 Å². The van der Waals surface area contributed by atoms with E-state index in [1.165, 1.54) is 44.5 Å². The van der Waals surface area contributed by atoms with E-state index < -0.39 is 0 Å². The predicted molar refractivity (Wildman–Crippen MR) is 77.0 cm³/mol. The van der Waals surface area contributed by atoms with Crippen molar-refractivity contribution in [3.8, 4) is 6.07 Å². The molecular weight excluding hydrogens is 234 g/mol. The van der Waals surface area contributed by atoms with Gasteiger partial charge in [0.15, 0.2) is 0 Å². The van der Waals surface area contributed by atoms with Crippen molar-refractivity contribution in [2.24, 2.45) is 0 Å². The molecule has 2 saturated heterocycles. The Bertz CT molecular complexity index is 460. The molecule has 0 amide bonds. The first-order chi connectivity index (χ1) is 9.36. The van der Waals surface area contributed by atoms with Gasteiger partial charge >= 0.3 is 0 Å². The Labute approximate surface area is 115 Å². The van der Waals surface area contributed by atoms with Crippen LogP contribution in [0.2, 0.25) is 0 Å². The van der Waals surface area contributed by atoms with E-state index in [0.29, 0.717) is 12.5 Å². The number of piperidine rings is 1. The molecule has 2 heterocycles. The Kier molecular flexibility index (Phi) is 3.70. The summed E-state index contributed by atoms with van der Waals surface area (Å²) in [4.78, 5) is 2.64. The minimum absolute atomic E-state index is 0.500. The maximum atomic E-state index is 8.68. The standard InChI is InChI=1S/C16H21N3/c17-10-8-13-4-6-14(7-5-13)18-15-9-12-19-11-2-1-3-16(15)19/h4-7,15-16,18H,1-3,8-9,11-12H2. The molecule has 19 heavy (non-hydrogen) atoms. The molecule has 0 saturated carbocycles. The van der Waals surface area contributed by atoms with Gasteiger partial charge in [-0.25, -0.2) is 0 Å². The molecule has 0 aliphatic carbocycles. The van der Waals surface area contributed by atoms with E-state index in [-0.39, 0.29) is 0 Å². The van der Waals surface area contributed by atoms with Crippen LogP contribution in [0.5, 0.6) is 0 Å². The Balaban J connectivity index is 1.63. The fourth-order valence-corrected chi connectivity index (χ4v) is 3.44. The molecule has 2 aliphatic heterocycles. The SMILES string of the molecule is N#CCc1ccc(NC2CCN3CCCCC23)cc1. The fourth-order valence-electron chi connectivity index (χ4n) is 3.44. The second-order valence-corrected chi connectivity index (χ2v) is 5.67. The first kappa shape index (κ1) is 12.5. The van der Waals surface area contributed by atoms with Gasteiger partial charge in [0.25, 0.3) is 0 Å². The number of hydrogen-bond donors (Lipinski definition) is 1. The molecule has 3 heteroatoms. The molecule has 0 bridgehead atoms. The van der Waals surface area contributed by atoms with Gasteiger partial charge in [0, 0.05) is 24.3 Å². The zero-order valence-electron chi connectivity index (χ0n) is 11.3. The number of rotatable bonds is 3.